The first kappa shape index (κ1) is 2.40. The predicted octanol–water partition coefficient (Wildman–Crippen LogP) is 1.03. The zero-order chi connectivity index (χ0) is 5.91. The maximum Gasteiger partial charge on any atom is 0.0192 e. The molecule has 0 spiro atoms. The fraction of sp³-hybridized carbons (Fsp3) is 1.00. The molecule has 0 rings (SSSR count). The van der Waals surface area contributed by atoms with Crippen molar-refractivity contribution in [2.75, 3.05) is 0 Å². The van der Waals surface area contributed by atoms with Gasteiger partial charge < -0.3 is 0 Å². The standard InChI is InChI=1S/C4H12Si/c1-3-5-4-2/h3-5H2,1-2H3/i5T2. The van der Waals surface area contributed by atoms with Gasteiger partial charge in [-0.15, -0.1) is 0 Å². The molecule has 0 aliphatic rings. The van der Waals surface area contributed by atoms with Crippen LogP contribution in [0.3, 0.4) is 0 Å². The Hall–Kier alpha value is 0.217. The average Bonchev–Trinajstić information content (AvgIpc) is 1.68. The quantitative estimate of drug-likeness (QED) is 0.446. The van der Waals surface area contributed by atoms with Crippen LogP contribution in [0.4, 0.5) is 0 Å². The molecule has 0 unspecified atom stereocenters. The molecule has 32 valence electrons. The van der Waals surface area contributed by atoms with Crippen LogP contribution in [0.15, 0.2) is 0 Å². The molecule has 0 aliphatic heterocycles. The molecule has 0 N–H and O–H groups in total. The molecule has 0 radical (unpaired) electrons. The minimum atomic E-state index is -2.15. The van der Waals surface area contributed by atoms with Crippen LogP contribution in [0.5, 0.6) is 0 Å². The first-order valence-corrected chi connectivity index (χ1v) is 3.54. The number of hydrogen-bond acceptors (Lipinski definition) is 0. The second-order valence-corrected chi connectivity index (χ2v) is 2.87. The zero-order valence-electron chi connectivity index (χ0n) is 5.91. The van der Waals surface area contributed by atoms with Gasteiger partial charge in [-0.1, -0.05) is 25.9 Å². The maximum atomic E-state index is 7.23. The van der Waals surface area contributed by atoms with Crippen molar-refractivity contribution in [3.63, 3.8) is 0 Å². The first-order valence-electron chi connectivity index (χ1n) is 3.12. The van der Waals surface area contributed by atoms with Crippen molar-refractivity contribution in [3.05, 3.63) is 0 Å². The Labute approximate surface area is 38.9 Å². The molecule has 0 aromatic heterocycles. The van der Waals surface area contributed by atoms with Crippen LogP contribution in [-0.2, 0) is 0 Å². The van der Waals surface area contributed by atoms with Gasteiger partial charge in [-0.3, -0.25) is 0 Å². The highest BCUT2D eigenvalue weighted by Gasteiger charge is 1.70. The van der Waals surface area contributed by atoms with Gasteiger partial charge in [0, 0.05) is 11.9 Å². The van der Waals surface area contributed by atoms with Crippen LogP contribution in [-0.4, -0.2) is 11.9 Å². The molecule has 0 heterocycles. The highest BCUT2D eigenvalue weighted by Crippen LogP contribution is 1.77. The van der Waals surface area contributed by atoms with Crippen LogP contribution < -0.4 is 0 Å². The van der Waals surface area contributed by atoms with E-state index in [4.69, 9.17) is 2.47 Å². The highest BCUT2D eigenvalue weighted by atomic mass is 28.2. The molecule has 0 nitrogen and oxygen atoms in total. The van der Waals surface area contributed by atoms with Gasteiger partial charge >= 0.3 is 0 Å². The lowest BCUT2D eigenvalue weighted by Gasteiger charge is -1.77. The molecular formula is C4H12Si. The van der Waals surface area contributed by atoms with Crippen LogP contribution >= 0.6 is 0 Å². The number of rotatable bonds is 2. The summed E-state index contributed by atoms with van der Waals surface area (Å²) in [6.45, 7) is 3.85. The minimum absolute atomic E-state index is 0.767. The van der Waals surface area contributed by atoms with E-state index in [1.807, 2.05) is 13.8 Å². The minimum Gasteiger partial charge on any atom is -0.0683 e. The van der Waals surface area contributed by atoms with Gasteiger partial charge in [-0.05, 0) is 0 Å². The van der Waals surface area contributed by atoms with Gasteiger partial charge in [-0.2, -0.15) is 0 Å². The van der Waals surface area contributed by atoms with E-state index in [1.54, 1.807) is 0 Å². The molecule has 0 amide bonds. The molecule has 0 aromatic rings. The fourth-order valence-corrected chi connectivity index (χ4v) is 0.750. The summed E-state index contributed by atoms with van der Waals surface area (Å²) >= 11 is 0. The molecule has 1 heteroatoms. The van der Waals surface area contributed by atoms with Gasteiger partial charge in [0.15, 0.2) is 0 Å². The summed E-state index contributed by atoms with van der Waals surface area (Å²) in [6, 6.07) is 1.53. The third-order valence-electron chi connectivity index (χ3n) is 0.500. The van der Waals surface area contributed by atoms with E-state index in [0.717, 1.165) is 12.1 Å². The highest BCUT2D eigenvalue weighted by molar-refractivity contribution is 6.34. The van der Waals surface area contributed by atoms with Gasteiger partial charge in [0.1, 0.15) is 0 Å². The Morgan fingerprint density at radius 1 is 1.60 bits per heavy atom. The second-order valence-electron chi connectivity index (χ2n) is 0.957. The van der Waals surface area contributed by atoms with Gasteiger partial charge in [-0.25, -0.2) is 0 Å². The Morgan fingerprint density at radius 2 is 2.00 bits per heavy atom. The lowest BCUT2D eigenvalue weighted by atomic mass is 11.0. The van der Waals surface area contributed by atoms with Gasteiger partial charge in [0.25, 0.3) is 0 Å². The molecule has 0 atom stereocenters. The molecule has 0 saturated carbocycles. The van der Waals surface area contributed by atoms with E-state index in [9.17, 15) is 0 Å². The summed E-state index contributed by atoms with van der Waals surface area (Å²) in [5.41, 5.74) is 0. The summed E-state index contributed by atoms with van der Waals surface area (Å²) < 4.78 is 14.5. The number of hydrogen-bond donors (Lipinski definition) is 0. The van der Waals surface area contributed by atoms with E-state index in [1.165, 1.54) is 0 Å². The topological polar surface area (TPSA) is 0 Å². The first-order chi connectivity index (χ1) is 3.12. The summed E-state index contributed by atoms with van der Waals surface area (Å²) in [5, 5.41) is 0. The molecular weight excluding hydrogens is 76.1 g/mol. The van der Waals surface area contributed by atoms with Crippen molar-refractivity contribution in [2.45, 2.75) is 25.9 Å². The zero-order valence-corrected chi connectivity index (χ0v) is 4.91. The maximum absolute atomic E-state index is 7.23. The lowest BCUT2D eigenvalue weighted by Crippen LogP contribution is -1.76. The smallest absolute Gasteiger partial charge is 0.0192 e. The van der Waals surface area contributed by atoms with Crippen LogP contribution in [0.2, 0.25) is 12.1 Å². The third-order valence-corrected chi connectivity index (χ3v) is 1.50. The van der Waals surface area contributed by atoms with Crippen LogP contribution in [0, 0.1) is 0 Å². The largest absolute Gasteiger partial charge is 0.0683 e. The normalized spacial score (nSPS) is 17.2. The molecule has 5 heavy (non-hydrogen) atoms. The second kappa shape index (κ2) is 4.22. The Bertz CT molecular complexity index is 47.7. The lowest BCUT2D eigenvalue weighted by molar-refractivity contribution is 1.36. The van der Waals surface area contributed by atoms with Gasteiger partial charge in [0.05, 0.1) is 0 Å². The third kappa shape index (κ3) is 4.22. The van der Waals surface area contributed by atoms with Crippen molar-refractivity contribution < 1.29 is 0 Å². The Balaban J connectivity index is 3.36. The molecule has 0 aromatic carbocycles. The van der Waals surface area contributed by atoms with Crippen molar-refractivity contribution in [3.8, 4) is 0 Å². The Kier molecular flexibility index (Phi) is 2.02. The Morgan fingerprint density at radius 3 is 2.00 bits per heavy atom. The van der Waals surface area contributed by atoms with Crippen LogP contribution in [0.25, 0.3) is 0 Å². The van der Waals surface area contributed by atoms with Crippen molar-refractivity contribution in [2.24, 2.45) is 0 Å². The van der Waals surface area contributed by atoms with E-state index in [2.05, 4.69) is 0 Å². The summed E-state index contributed by atoms with van der Waals surface area (Å²) in [7, 11) is -2.15. The van der Waals surface area contributed by atoms with E-state index in [0.29, 0.717) is 0 Å². The molecule has 0 fully saturated rings. The van der Waals surface area contributed by atoms with E-state index >= 15 is 0 Å². The molecule has 0 saturated heterocycles. The van der Waals surface area contributed by atoms with E-state index < -0.39 is 9.38 Å². The summed E-state index contributed by atoms with van der Waals surface area (Å²) in [4.78, 5) is 0. The van der Waals surface area contributed by atoms with Crippen LogP contribution in [0.1, 0.15) is 13.8 Å². The average molecular weight is 92.2 g/mol. The molecule has 0 bridgehead atoms. The summed E-state index contributed by atoms with van der Waals surface area (Å²) in [6.07, 6.45) is 0. The summed E-state index contributed by atoms with van der Waals surface area (Å²) in [5.74, 6) is 0. The predicted molar refractivity (Wildman–Crippen MR) is 29.5 cm³/mol. The fourth-order valence-electron chi connectivity index (χ4n) is 0.250. The van der Waals surface area contributed by atoms with E-state index in [-0.39, 0.29) is 0 Å². The monoisotopic (exact) mass is 92.1 g/mol. The van der Waals surface area contributed by atoms with Crippen molar-refractivity contribution in [1.29, 1.82) is 2.47 Å². The SMILES string of the molecule is [3H][Si]([3H])(CC)CC. The van der Waals surface area contributed by atoms with Crippen molar-refractivity contribution in [1.82, 2.24) is 0 Å². The molecule has 0 aliphatic carbocycles. The van der Waals surface area contributed by atoms with Gasteiger partial charge in [0.2, 0.25) is 0 Å². The van der Waals surface area contributed by atoms with Crippen molar-refractivity contribution >= 4 is 9.38 Å².